The molecule has 2 aliphatic carbocycles. The summed E-state index contributed by atoms with van der Waals surface area (Å²) in [5.41, 5.74) is -0.557. The van der Waals surface area contributed by atoms with Crippen molar-refractivity contribution < 1.29 is 33.4 Å². The van der Waals surface area contributed by atoms with Gasteiger partial charge >= 0.3 is 5.97 Å². The summed E-state index contributed by atoms with van der Waals surface area (Å²) in [7, 11) is 3.64. The number of carbonyl (C=O) groups is 2. The van der Waals surface area contributed by atoms with E-state index in [0.717, 1.165) is 11.1 Å². The van der Waals surface area contributed by atoms with E-state index < -0.39 is 22.5 Å². The highest BCUT2D eigenvalue weighted by molar-refractivity contribution is 5.90. The third-order valence-electron chi connectivity index (χ3n) is 8.57. The highest BCUT2D eigenvalue weighted by Crippen LogP contribution is 2.71. The molecule has 2 fully saturated rings. The van der Waals surface area contributed by atoms with Crippen molar-refractivity contribution in [2.24, 2.45) is 5.41 Å². The smallest absolute Gasteiger partial charge is 0.315 e. The maximum atomic E-state index is 13.0. The van der Waals surface area contributed by atoms with Crippen LogP contribution in [0.4, 0.5) is 0 Å². The average Bonchev–Trinajstić information content (AvgIpc) is 3.24. The number of methoxy groups -OCH3 is 1. The molecule has 1 aromatic rings. The van der Waals surface area contributed by atoms with Gasteiger partial charge in [-0.2, -0.15) is 0 Å². The highest BCUT2D eigenvalue weighted by atomic mass is 16.6. The molecule has 7 nitrogen and oxygen atoms in total. The molecule has 0 amide bonds. The standard InChI is InChI=1S/C24H32NO6/c1-13-24(28)10-9-16(26)20-23(24)11-15(25(13,5)12-30-21(27)22(2,3)4)14-7-8-17(29-6)19(31-20)18(14)23/h7-8,13,15,20,28H,9-12H2,1-6H3/q+1. The molecule has 168 valence electrons. The van der Waals surface area contributed by atoms with Gasteiger partial charge in [0, 0.05) is 24.0 Å². The number of aliphatic hydroxyl groups is 1. The molecule has 1 N–H and O–H groups in total. The Kier molecular flexibility index (Phi) is 4.03. The van der Waals surface area contributed by atoms with E-state index in [1.54, 1.807) is 7.11 Å². The minimum atomic E-state index is -1.16. The predicted octanol–water partition coefficient (Wildman–Crippen LogP) is 2.63. The SMILES string of the molecule is COc1ccc2c3c1OC1C(=O)CCC4(O)C(C)[N+](C)(COC(=O)C(C)(C)C)C2CC314. The van der Waals surface area contributed by atoms with E-state index in [-0.39, 0.29) is 37.0 Å². The average molecular weight is 431 g/mol. The molecule has 1 spiro atoms. The zero-order valence-corrected chi connectivity index (χ0v) is 19.2. The van der Waals surface area contributed by atoms with Crippen LogP contribution in [-0.2, 0) is 19.7 Å². The van der Waals surface area contributed by atoms with Gasteiger partial charge in [-0.1, -0.05) is 0 Å². The van der Waals surface area contributed by atoms with E-state index in [0.29, 0.717) is 28.8 Å². The Hall–Kier alpha value is -2.12. The number of nitrogens with zero attached hydrogens (tertiary/aromatic N) is 1. The van der Waals surface area contributed by atoms with Gasteiger partial charge in [-0.3, -0.25) is 14.1 Å². The molecule has 1 saturated heterocycles. The lowest BCUT2D eigenvalue weighted by Crippen LogP contribution is -2.76. The molecule has 6 atom stereocenters. The quantitative estimate of drug-likeness (QED) is 0.587. The molecule has 0 aromatic heterocycles. The first kappa shape index (κ1) is 20.8. The van der Waals surface area contributed by atoms with Crippen LogP contribution >= 0.6 is 0 Å². The Balaban J connectivity index is 1.68. The fourth-order valence-electron chi connectivity index (χ4n) is 6.68. The van der Waals surface area contributed by atoms with Gasteiger partial charge < -0.3 is 19.3 Å². The van der Waals surface area contributed by atoms with E-state index in [9.17, 15) is 14.7 Å². The molecule has 2 heterocycles. The van der Waals surface area contributed by atoms with Gasteiger partial charge in [-0.15, -0.1) is 0 Å². The van der Waals surface area contributed by atoms with Gasteiger partial charge in [0.25, 0.3) is 0 Å². The van der Waals surface area contributed by atoms with Crippen molar-refractivity contribution in [1.29, 1.82) is 0 Å². The summed E-state index contributed by atoms with van der Waals surface area (Å²) in [5.74, 6) is 0.959. The number of likely N-dealkylation sites (N-methyl/N-ethyl adjacent to an activating group) is 1. The zero-order chi connectivity index (χ0) is 22.6. The van der Waals surface area contributed by atoms with Crippen LogP contribution in [0.25, 0.3) is 0 Å². The number of likely N-dealkylation sites (tertiary alicyclic amines) is 1. The minimum absolute atomic E-state index is 0.0139. The van der Waals surface area contributed by atoms with Gasteiger partial charge in [-0.05, 0) is 46.2 Å². The third kappa shape index (κ3) is 2.26. The molecule has 0 radical (unpaired) electrons. The van der Waals surface area contributed by atoms with Crippen LogP contribution in [0.5, 0.6) is 11.5 Å². The summed E-state index contributed by atoms with van der Waals surface area (Å²) in [5, 5.41) is 12.3. The van der Waals surface area contributed by atoms with E-state index in [1.165, 1.54) is 0 Å². The number of Topliss-reactive ketones (excluding diaryl/α,β-unsaturated/α-hetero) is 1. The molecular weight excluding hydrogens is 398 g/mol. The third-order valence-corrected chi connectivity index (χ3v) is 8.57. The number of hydrogen-bond acceptors (Lipinski definition) is 6. The van der Waals surface area contributed by atoms with Gasteiger partial charge in [0.1, 0.15) is 17.7 Å². The summed E-state index contributed by atoms with van der Waals surface area (Å²) in [6.45, 7) is 7.70. The lowest BCUT2D eigenvalue weighted by Gasteiger charge is -2.60. The molecular formula is C24H32NO6+. The van der Waals surface area contributed by atoms with Crippen LogP contribution in [0.2, 0.25) is 0 Å². The first-order chi connectivity index (χ1) is 14.4. The number of carbonyl (C=O) groups excluding carboxylic acids is 2. The van der Waals surface area contributed by atoms with E-state index in [4.69, 9.17) is 14.2 Å². The van der Waals surface area contributed by atoms with Crippen molar-refractivity contribution in [3.63, 3.8) is 0 Å². The number of fused-ring (bicyclic) bond motifs is 2. The van der Waals surface area contributed by atoms with Crippen molar-refractivity contribution >= 4 is 11.8 Å². The van der Waals surface area contributed by atoms with Gasteiger partial charge in [0.05, 0.1) is 25.0 Å². The molecule has 5 rings (SSSR count). The van der Waals surface area contributed by atoms with Crippen LogP contribution in [0.3, 0.4) is 0 Å². The fraction of sp³-hybridized carbons (Fsp3) is 0.667. The number of rotatable bonds is 3. The lowest BCUT2D eigenvalue weighted by molar-refractivity contribution is -0.987. The van der Waals surface area contributed by atoms with E-state index in [2.05, 4.69) is 7.05 Å². The van der Waals surface area contributed by atoms with Crippen LogP contribution in [-0.4, -0.2) is 60.0 Å². The topological polar surface area (TPSA) is 82.1 Å². The van der Waals surface area contributed by atoms with Crippen molar-refractivity contribution in [2.75, 3.05) is 20.9 Å². The molecule has 6 unspecified atom stereocenters. The monoisotopic (exact) mass is 430 g/mol. The second kappa shape index (κ2) is 6.01. The summed E-state index contributed by atoms with van der Waals surface area (Å²) in [6, 6.07) is 3.63. The van der Waals surface area contributed by atoms with E-state index in [1.807, 2.05) is 39.8 Å². The van der Waals surface area contributed by atoms with Crippen LogP contribution < -0.4 is 9.47 Å². The summed E-state index contributed by atoms with van der Waals surface area (Å²) < 4.78 is 18.0. The molecule has 31 heavy (non-hydrogen) atoms. The number of ether oxygens (including phenoxy) is 3. The van der Waals surface area contributed by atoms with Gasteiger partial charge in [0.2, 0.25) is 6.73 Å². The van der Waals surface area contributed by atoms with Crippen molar-refractivity contribution in [1.82, 2.24) is 0 Å². The Morgan fingerprint density at radius 1 is 1.35 bits per heavy atom. The number of quaternary nitrogens is 1. The lowest BCUT2D eigenvalue weighted by atomic mass is 9.54. The Morgan fingerprint density at radius 3 is 2.71 bits per heavy atom. The van der Waals surface area contributed by atoms with Gasteiger partial charge in [0.15, 0.2) is 23.4 Å². The summed E-state index contributed by atoms with van der Waals surface area (Å²) >= 11 is 0. The predicted molar refractivity (Wildman–Crippen MR) is 112 cm³/mol. The Morgan fingerprint density at radius 2 is 2.06 bits per heavy atom. The number of esters is 1. The van der Waals surface area contributed by atoms with Crippen molar-refractivity contribution in [3.05, 3.63) is 23.3 Å². The molecule has 1 saturated carbocycles. The van der Waals surface area contributed by atoms with Crippen LogP contribution in [0, 0.1) is 5.41 Å². The minimum Gasteiger partial charge on any atom is -0.493 e. The Bertz CT molecular complexity index is 999. The number of hydrogen-bond donors (Lipinski definition) is 1. The molecule has 1 aromatic carbocycles. The molecule has 4 aliphatic rings. The maximum Gasteiger partial charge on any atom is 0.315 e. The van der Waals surface area contributed by atoms with Gasteiger partial charge in [-0.25, -0.2) is 0 Å². The zero-order valence-electron chi connectivity index (χ0n) is 19.2. The number of benzene rings is 1. The van der Waals surface area contributed by atoms with E-state index >= 15 is 0 Å². The number of ketones is 1. The molecule has 2 bridgehead atoms. The Labute approximate surface area is 182 Å². The molecule has 2 aliphatic heterocycles. The first-order valence-corrected chi connectivity index (χ1v) is 11.1. The van der Waals surface area contributed by atoms with Crippen LogP contribution in [0.1, 0.15) is 64.1 Å². The van der Waals surface area contributed by atoms with Crippen molar-refractivity contribution in [3.8, 4) is 11.5 Å². The first-order valence-electron chi connectivity index (χ1n) is 11.1. The highest BCUT2D eigenvalue weighted by Gasteiger charge is 2.79. The summed E-state index contributed by atoms with van der Waals surface area (Å²) in [4.78, 5) is 25.6. The number of piperidine rings is 1. The fourth-order valence-corrected chi connectivity index (χ4v) is 6.68. The largest absolute Gasteiger partial charge is 0.493 e. The second-order valence-electron chi connectivity index (χ2n) is 11.0. The second-order valence-corrected chi connectivity index (χ2v) is 11.0. The molecule has 7 heteroatoms. The van der Waals surface area contributed by atoms with Crippen LogP contribution in [0.15, 0.2) is 12.1 Å². The summed E-state index contributed by atoms with van der Waals surface area (Å²) in [6.07, 6.45) is 0.528. The van der Waals surface area contributed by atoms with Crippen molar-refractivity contribution in [2.45, 2.75) is 76.2 Å². The normalized spacial score (nSPS) is 39.7. The maximum absolute atomic E-state index is 13.0.